The van der Waals surface area contributed by atoms with E-state index in [1.54, 1.807) is 24.3 Å². The summed E-state index contributed by atoms with van der Waals surface area (Å²) in [6.07, 6.45) is 2.69. The Labute approximate surface area is 154 Å². The first-order valence-electron chi connectivity index (χ1n) is 7.57. The standard InChI is InChI=1S/C17H14ClN5O3/c1-10-6-11(2)8-12(7-10)26-17-14(23(24)25)16(20-9-21-17)22-13-4-3-5-19-15(13)18/h3-9H,1-2H3,(H,20,21,22). The second kappa shape index (κ2) is 7.32. The molecule has 3 aromatic rings. The predicted octanol–water partition coefficient (Wildman–Crippen LogP) is 4.59. The van der Waals surface area contributed by atoms with Gasteiger partial charge in [-0.1, -0.05) is 17.7 Å². The molecule has 0 bridgehead atoms. The highest BCUT2D eigenvalue weighted by Gasteiger charge is 2.25. The third kappa shape index (κ3) is 3.86. The Kier molecular flexibility index (Phi) is 4.94. The lowest BCUT2D eigenvalue weighted by molar-refractivity contribution is -0.385. The molecule has 0 saturated heterocycles. The van der Waals surface area contributed by atoms with E-state index in [0.29, 0.717) is 11.4 Å². The molecule has 2 aromatic heterocycles. The number of aryl methyl sites for hydroxylation is 2. The Hall–Kier alpha value is -3.26. The van der Waals surface area contributed by atoms with Gasteiger partial charge in [-0.05, 0) is 49.2 Å². The molecule has 8 nitrogen and oxygen atoms in total. The van der Waals surface area contributed by atoms with Gasteiger partial charge < -0.3 is 10.1 Å². The molecule has 2 heterocycles. The van der Waals surface area contributed by atoms with E-state index < -0.39 is 10.6 Å². The lowest BCUT2D eigenvalue weighted by Gasteiger charge is -2.10. The summed E-state index contributed by atoms with van der Waals surface area (Å²) >= 11 is 5.99. The van der Waals surface area contributed by atoms with Crippen molar-refractivity contribution >= 4 is 28.8 Å². The number of anilines is 2. The van der Waals surface area contributed by atoms with Gasteiger partial charge in [0.05, 0.1) is 10.6 Å². The molecule has 0 saturated carbocycles. The van der Waals surface area contributed by atoms with E-state index in [9.17, 15) is 10.1 Å². The Morgan fingerprint density at radius 1 is 1.15 bits per heavy atom. The lowest BCUT2D eigenvalue weighted by Crippen LogP contribution is -2.04. The van der Waals surface area contributed by atoms with E-state index in [4.69, 9.17) is 16.3 Å². The molecule has 9 heteroatoms. The average Bonchev–Trinajstić information content (AvgIpc) is 2.56. The molecule has 26 heavy (non-hydrogen) atoms. The van der Waals surface area contributed by atoms with Crippen LogP contribution in [0.2, 0.25) is 5.15 Å². The van der Waals surface area contributed by atoms with Gasteiger partial charge in [-0.25, -0.2) is 9.97 Å². The predicted molar refractivity (Wildman–Crippen MR) is 97.2 cm³/mol. The smallest absolute Gasteiger partial charge is 0.373 e. The number of nitro groups is 1. The Morgan fingerprint density at radius 3 is 2.54 bits per heavy atom. The number of aromatic nitrogens is 3. The minimum absolute atomic E-state index is 0.0423. The summed E-state index contributed by atoms with van der Waals surface area (Å²) in [5.41, 5.74) is 1.93. The number of nitrogens with zero attached hydrogens (tertiary/aromatic N) is 4. The molecule has 0 aliphatic rings. The van der Waals surface area contributed by atoms with E-state index in [2.05, 4.69) is 20.3 Å². The van der Waals surface area contributed by atoms with Gasteiger partial charge in [-0.15, -0.1) is 0 Å². The highest BCUT2D eigenvalue weighted by molar-refractivity contribution is 6.32. The minimum Gasteiger partial charge on any atom is -0.434 e. The van der Waals surface area contributed by atoms with Crippen molar-refractivity contribution in [1.82, 2.24) is 15.0 Å². The van der Waals surface area contributed by atoms with Crippen molar-refractivity contribution in [1.29, 1.82) is 0 Å². The van der Waals surface area contributed by atoms with Crippen molar-refractivity contribution in [2.45, 2.75) is 13.8 Å². The van der Waals surface area contributed by atoms with E-state index in [-0.39, 0.29) is 16.9 Å². The van der Waals surface area contributed by atoms with Crippen LogP contribution in [-0.4, -0.2) is 19.9 Å². The van der Waals surface area contributed by atoms with Crippen LogP contribution in [0.5, 0.6) is 11.6 Å². The fourth-order valence-electron chi connectivity index (χ4n) is 2.40. The quantitative estimate of drug-likeness (QED) is 0.397. The topological polar surface area (TPSA) is 103 Å². The van der Waals surface area contributed by atoms with Crippen LogP contribution in [0.25, 0.3) is 0 Å². The monoisotopic (exact) mass is 371 g/mol. The first kappa shape index (κ1) is 17.6. The summed E-state index contributed by atoms with van der Waals surface area (Å²) in [7, 11) is 0. The van der Waals surface area contributed by atoms with Crippen LogP contribution in [0.15, 0.2) is 42.9 Å². The zero-order valence-corrected chi connectivity index (χ0v) is 14.7. The second-order valence-corrected chi connectivity index (χ2v) is 5.88. The number of pyridine rings is 1. The van der Waals surface area contributed by atoms with Crippen molar-refractivity contribution in [3.8, 4) is 11.6 Å². The summed E-state index contributed by atoms with van der Waals surface area (Å²) in [5.74, 6) is 0.242. The van der Waals surface area contributed by atoms with Gasteiger partial charge in [-0.2, -0.15) is 4.98 Å². The zero-order valence-electron chi connectivity index (χ0n) is 13.9. The van der Waals surface area contributed by atoms with Crippen LogP contribution in [0.1, 0.15) is 11.1 Å². The maximum atomic E-state index is 11.6. The van der Waals surface area contributed by atoms with Crippen LogP contribution in [0, 0.1) is 24.0 Å². The molecular formula is C17H14ClN5O3. The summed E-state index contributed by atoms with van der Waals surface area (Å²) in [4.78, 5) is 22.8. The lowest BCUT2D eigenvalue weighted by atomic mass is 10.1. The minimum atomic E-state index is -0.607. The van der Waals surface area contributed by atoms with Gasteiger partial charge >= 0.3 is 11.6 Å². The fraction of sp³-hybridized carbons (Fsp3) is 0.118. The first-order chi connectivity index (χ1) is 12.4. The Balaban J connectivity index is 2.01. The number of hydrogen-bond acceptors (Lipinski definition) is 7. The molecule has 132 valence electrons. The highest BCUT2D eigenvalue weighted by atomic mass is 35.5. The van der Waals surface area contributed by atoms with Crippen molar-refractivity contribution in [3.05, 3.63) is 69.3 Å². The molecular weight excluding hydrogens is 358 g/mol. The van der Waals surface area contributed by atoms with Gasteiger partial charge in [0.2, 0.25) is 5.82 Å². The van der Waals surface area contributed by atoms with E-state index >= 15 is 0 Å². The Bertz CT molecular complexity index is 960. The molecule has 0 aliphatic carbocycles. The highest BCUT2D eigenvalue weighted by Crippen LogP contribution is 2.36. The molecule has 1 N–H and O–H groups in total. The Morgan fingerprint density at radius 2 is 1.88 bits per heavy atom. The summed E-state index contributed by atoms with van der Waals surface area (Å²) in [6.45, 7) is 3.82. The normalized spacial score (nSPS) is 10.4. The average molecular weight is 372 g/mol. The van der Waals surface area contributed by atoms with Crippen molar-refractivity contribution in [2.75, 3.05) is 5.32 Å². The molecule has 0 fully saturated rings. The van der Waals surface area contributed by atoms with Gasteiger partial charge in [0.25, 0.3) is 0 Å². The molecule has 0 radical (unpaired) electrons. The van der Waals surface area contributed by atoms with Crippen LogP contribution < -0.4 is 10.1 Å². The maximum Gasteiger partial charge on any atom is 0.373 e. The molecule has 1 aromatic carbocycles. The molecule has 0 amide bonds. The maximum absolute atomic E-state index is 11.6. The van der Waals surface area contributed by atoms with Crippen LogP contribution >= 0.6 is 11.6 Å². The first-order valence-corrected chi connectivity index (χ1v) is 7.95. The largest absolute Gasteiger partial charge is 0.434 e. The number of nitrogens with one attached hydrogen (secondary N) is 1. The van der Waals surface area contributed by atoms with Crippen molar-refractivity contribution in [2.24, 2.45) is 0 Å². The fourth-order valence-corrected chi connectivity index (χ4v) is 2.57. The van der Waals surface area contributed by atoms with E-state index in [1.807, 2.05) is 19.9 Å². The van der Waals surface area contributed by atoms with Crippen LogP contribution in [0.4, 0.5) is 17.2 Å². The van der Waals surface area contributed by atoms with E-state index in [1.165, 1.54) is 12.5 Å². The SMILES string of the molecule is Cc1cc(C)cc(Oc2ncnc(Nc3cccnc3Cl)c2[N+](=O)[O-])c1. The van der Waals surface area contributed by atoms with E-state index in [0.717, 1.165) is 11.1 Å². The molecule has 0 unspecified atom stereocenters. The van der Waals surface area contributed by atoms with Crippen LogP contribution in [-0.2, 0) is 0 Å². The molecule has 0 atom stereocenters. The number of benzene rings is 1. The van der Waals surface area contributed by atoms with Gasteiger partial charge in [0.1, 0.15) is 12.1 Å². The summed E-state index contributed by atoms with van der Waals surface area (Å²) in [6, 6.07) is 8.78. The number of halogens is 1. The third-order valence-electron chi connectivity index (χ3n) is 3.39. The van der Waals surface area contributed by atoms with Gasteiger partial charge in [0, 0.05) is 6.20 Å². The zero-order chi connectivity index (χ0) is 18.7. The van der Waals surface area contributed by atoms with Crippen molar-refractivity contribution in [3.63, 3.8) is 0 Å². The second-order valence-electron chi connectivity index (χ2n) is 5.53. The van der Waals surface area contributed by atoms with Crippen molar-refractivity contribution < 1.29 is 9.66 Å². The van der Waals surface area contributed by atoms with Gasteiger partial charge in [0.15, 0.2) is 5.15 Å². The van der Waals surface area contributed by atoms with Gasteiger partial charge in [-0.3, -0.25) is 10.1 Å². The number of rotatable bonds is 5. The molecule has 3 rings (SSSR count). The molecule has 0 spiro atoms. The number of ether oxygens (including phenoxy) is 1. The summed E-state index contributed by atoms with van der Waals surface area (Å²) in [5, 5.41) is 14.6. The third-order valence-corrected chi connectivity index (χ3v) is 3.69. The summed E-state index contributed by atoms with van der Waals surface area (Å²) < 4.78 is 5.66. The van der Waals surface area contributed by atoms with Crippen LogP contribution in [0.3, 0.4) is 0 Å². The number of hydrogen-bond donors (Lipinski definition) is 1. The molecule has 0 aliphatic heterocycles.